The van der Waals surface area contributed by atoms with Gasteiger partial charge in [-0.15, -0.1) is 0 Å². The number of para-hydroxylation sites is 1. The van der Waals surface area contributed by atoms with Crippen LogP contribution in [0.2, 0.25) is 0 Å². The molecule has 0 saturated carbocycles. The van der Waals surface area contributed by atoms with E-state index in [1.54, 1.807) is 30.3 Å². The molecular weight excluding hydrogens is 507 g/mol. The van der Waals surface area contributed by atoms with E-state index in [0.29, 0.717) is 10.9 Å². The second-order valence-electron chi connectivity index (χ2n) is 8.15. The fourth-order valence-corrected chi connectivity index (χ4v) is 6.16. The van der Waals surface area contributed by atoms with E-state index in [1.807, 2.05) is 0 Å². The summed E-state index contributed by atoms with van der Waals surface area (Å²) in [6.45, 7) is 0.162. The van der Waals surface area contributed by atoms with Gasteiger partial charge in [-0.1, -0.05) is 12.1 Å². The second-order valence-corrected chi connectivity index (χ2v) is 12.0. The summed E-state index contributed by atoms with van der Waals surface area (Å²) in [5, 5.41) is 14.6. The average molecular weight is 528 g/mol. The second kappa shape index (κ2) is 8.66. The standard InChI is InChI=1S/C23H21N4O7PS/c1-33-35(30)19-11-15(26-36(2,31)32)7-8-17(19)24-22(25-35)20-21(28)16-5-3-4-6-18(16)27(23(20)29)12-14-9-10-34-13-14/h3-11,13,26,28H,12H2,1-2H3,(H,24,25,30). The van der Waals surface area contributed by atoms with Crippen molar-refractivity contribution < 1.29 is 27.0 Å². The molecule has 186 valence electrons. The van der Waals surface area contributed by atoms with Gasteiger partial charge < -0.3 is 23.9 Å². The number of pyridine rings is 1. The molecule has 1 aliphatic rings. The molecule has 0 bridgehead atoms. The summed E-state index contributed by atoms with van der Waals surface area (Å²) >= 11 is 0. The minimum absolute atomic E-state index is 0.112. The van der Waals surface area contributed by atoms with Crippen molar-refractivity contribution in [2.75, 3.05) is 23.4 Å². The molecule has 3 heterocycles. The molecule has 1 atom stereocenters. The van der Waals surface area contributed by atoms with Crippen molar-refractivity contribution in [2.45, 2.75) is 6.54 Å². The van der Waals surface area contributed by atoms with Gasteiger partial charge in [-0.25, -0.2) is 8.42 Å². The van der Waals surface area contributed by atoms with Gasteiger partial charge in [0.25, 0.3) is 5.56 Å². The molecule has 0 spiro atoms. The van der Waals surface area contributed by atoms with Gasteiger partial charge in [-0.2, -0.15) is 4.76 Å². The normalized spacial score (nSPS) is 17.3. The van der Waals surface area contributed by atoms with Crippen LogP contribution in [0.1, 0.15) is 11.1 Å². The number of fused-ring (bicyclic) bond motifs is 2. The highest BCUT2D eigenvalue weighted by molar-refractivity contribution is 7.92. The number of aromatic hydroxyl groups is 1. The third-order valence-electron chi connectivity index (χ3n) is 5.64. The zero-order chi connectivity index (χ0) is 25.7. The fraction of sp³-hybridized carbons (Fsp3) is 0.130. The van der Waals surface area contributed by atoms with Crippen LogP contribution in [-0.4, -0.2) is 37.3 Å². The fourth-order valence-electron chi connectivity index (χ4n) is 4.06. The molecule has 2 aromatic carbocycles. The molecule has 1 aliphatic heterocycles. The first-order chi connectivity index (χ1) is 17.1. The van der Waals surface area contributed by atoms with Crippen LogP contribution >= 0.6 is 7.52 Å². The quantitative estimate of drug-likeness (QED) is 0.323. The van der Waals surface area contributed by atoms with Gasteiger partial charge >= 0.3 is 7.52 Å². The highest BCUT2D eigenvalue weighted by atomic mass is 32.2. The van der Waals surface area contributed by atoms with Crippen LogP contribution in [0.5, 0.6) is 5.75 Å². The lowest BCUT2D eigenvalue weighted by atomic mass is 10.1. The van der Waals surface area contributed by atoms with Gasteiger partial charge in [0.05, 0.1) is 41.8 Å². The minimum Gasteiger partial charge on any atom is -0.506 e. The maximum atomic E-state index is 13.7. The number of furan rings is 1. The van der Waals surface area contributed by atoms with E-state index in [2.05, 4.69) is 14.8 Å². The molecule has 1 unspecified atom stereocenters. The summed E-state index contributed by atoms with van der Waals surface area (Å²) in [4.78, 5) is 13.7. The molecule has 0 aliphatic carbocycles. The molecule has 36 heavy (non-hydrogen) atoms. The predicted octanol–water partition coefficient (Wildman–Crippen LogP) is 3.06. The van der Waals surface area contributed by atoms with E-state index in [0.717, 1.165) is 11.8 Å². The number of rotatable bonds is 6. The summed E-state index contributed by atoms with van der Waals surface area (Å²) in [6.07, 6.45) is 4.00. The van der Waals surface area contributed by atoms with Crippen LogP contribution in [0.4, 0.5) is 11.4 Å². The van der Waals surface area contributed by atoms with Gasteiger partial charge in [-0.3, -0.25) is 14.1 Å². The van der Waals surface area contributed by atoms with E-state index < -0.39 is 23.1 Å². The SMILES string of the molecule is COP1(=O)N=C(c2c(O)c3ccccc3n(Cc3ccoc3)c2=O)Nc2ccc(NS(C)(=O)=O)cc21. The molecule has 4 aromatic rings. The maximum Gasteiger partial charge on any atom is 0.348 e. The van der Waals surface area contributed by atoms with Crippen LogP contribution in [0.15, 0.2) is 75.0 Å². The molecule has 11 nitrogen and oxygen atoms in total. The number of aromatic nitrogens is 1. The Hall–Kier alpha value is -3.86. The molecule has 0 fully saturated rings. The van der Waals surface area contributed by atoms with Crippen LogP contribution in [0, 0.1) is 0 Å². The topological polar surface area (TPSA) is 152 Å². The number of anilines is 2. The summed E-state index contributed by atoms with van der Waals surface area (Å²) in [5.74, 6) is -0.461. The number of nitrogens with one attached hydrogen (secondary N) is 2. The van der Waals surface area contributed by atoms with Crippen molar-refractivity contribution in [3.8, 4) is 5.75 Å². The largest absolute Gasteiger partial charge is 0.506 e. The van der Waals surface area contributed by atoms with Gasteiger partial charge in [-0.05, 0) is 36.4 Å². The summed E-state index contributed by atoms with van der Waals surface area (Å²) < 4.78 is 55.4. The number of amidine groups is 1. The van der Waals surface area contributed by atoms with Crippen molar-refractivity contribution in [3.05, 3.63) is 82.5 Å². The van der Waals surface area contributed by atoms with Gasteiger partial charge in [0, 0.05) is 23.7 Å². The Bertz CT molecular complexity index is 1740. The number of benzene rings is 2. The van der Waals surface area contributed by atoms with Crippen LogP contribution < -0.4 is 20.9 Å². The smallest absolute Gasteiger partial charge is 0.348 e. The number of hydrogen-bond donors (Lipinski definition) is 3. The van der Waals surface area contributed by atoms with E-state index in [1.165, 1.54) is 42.4 Å². The van der Waals surface area contributed by atoms with Crippen molar-refractivity contribution in [1.29, 1.82) is 0 Å². The van der Waals surface area contributed by atoms with Gasteiger partial charge in [0.15, 0.2) is 5.84 Å². The van der Waals surface area contributed by atoms with Crippen molar-refractivity contribution in [2.24, 2.45) is 4.76 Å². The molecule has 0 saturated heterocycles. The number of hydrogen-bond acceptors (Lipinski definition) is 8. The molecule has 2 aromatic heterocycles. The minimum atomic E-state index is -3.95. The zero-order valence-electron chi connectivity index (χ0n) is 19.1. The molecular formula is C23H21N4O7PS. The lowest BCUT2D eigenvalue weighted by Gasteiger charge is -2.25. The molecule has 0 amide bonds. The molecule has 5 rings (SSSR count). The van der Waals surface area contributed by atoms with E-state index in [9.17, 15) is 22.9 Å². The Morgan fingerprint density at radius 3 is 2.69 bits per heavy atom. The highest BCUT2D eigenvalue weighted by Crippen LogP contribution is 2.52. The first kappa shape index (κ1) is 23.9. The summed E-state index contributed by atoms with van der Waals surface area (Å²) in [7, 11) is -6.33. The molecule has 0 radical (unpaired) electrons. The van der Waals surface area contributed by atoms with Crippen LogP contribution in [0.3, 0.4) is 0 Å². The Morgan fingerprint density at radius 1 is 1.22 bits per heavy atom. The molecule has 3 N–H and O–H groups in total. The summed E-state index contributed by atoms with van der Waals surface area (Å²) in [5.41, 5.74) is 0.936. The maximum absolute atomic E-state index is 13.7. The third kappa shape index (κ3) is 4.19. The Balaban J connectivity index is 1.70. The number of sulfonamides is 1. The Labute approximate surface area is 205 Å². The first-order valence-corrected chi connectivity index (χ1v) is 14.1. The van der Waals surface area contributed by atoms with Crippen LogP contribution in [0.25, 0.3) is 10.9 Å². The van der Waals surface area contributed by atoms with Crippen molar-refractivity contribution in [1.82, 2.24) is 4.57 Å². The third-order valence-corrected chi connectivity index (χ3v) is 8.18. The number of nitrogens with zero attached hydrogens (tertiary/aromatic N) is 2. The van der Waals surface area contributed by atoms with Crippen molar-refractivity contribution in [3.63, 3.8) is 0 Å². The zero-order valence-corrected chi connectivity index (χ0v) is 20.8. The lowest BCUT2D eigenvalue weighted by molar-refractivity contribution is 0.404. The summed E-state index contributed by atoms with van der Waals surface area (Å²) in [6, 6.07) is 12.9. The van der Waals surface area contributed by atoms with Crippen LogP contribution in [-0.2, 0) is 25.7 Å². The van der Waals surface area contributed by atoms with Gasteiger partial charge in [0.2, 0.25) is 10.0 Å². The van der Waals surface area contributed by atoms with Gasteiger partial charge in [0.1, 0.15) is 11.3 Å². The van der Waals surface area contributed by atoms with Crippen molar-refractivity contribution >= 4 is 51.0 Å². The first-order valence-electron chi connectivity index (χ1n) is 10.6. The average Bonchev–Trinajstić information content (AvgIpc) is 3.35. The highest BCUT2D eigenvalue weighted by Gasteiger charge is 2.35. The van der Waals surface area contributed by atoms with E-state index >= 15 is 0 Å². The lowest BCUT2D eigenvalue weighted by Crippen LogP contribution is -2.33. The van der Waals surface area contributed by atoms with E-state index in [4.69, 9.17) is 8.94 Å². The molecule has 13 heteroatoms. The Kier molecular flexibility index (Phi) is 5.74. The van der Waals surface area contributed by atoms with E-state index in [-0.39, 0.29) is 40.4 Å². The Morgan fingerprint density at radius 2 is 2.00 bits per heavy atom. The predicted molar refractivity (Wildman–Crippen MR) is 137 cm³/mol. The monoisotopic (exact) mass is 528 g/mol.